The molecule has 0 N–H and O–H groups in total. The van der Waals surface area contributed by atoms with Gasteiger partial charge in [-0.05, 0) is 18.2 Å². The average Bonchev–Trinajstić information content (AvgIpc) is 3.32. The molecule has 0 aliphatic heterocycles. The molecule has 7 aromatic rings. The summed E-state index contributed by atoms with van der Waals surface area (Å²) in [6.45, 7) is 0.342. The van der Waals surface area contributed by atoms with E-state index in [0.29, 0.717) is 6.54 Å². The van der Waals surface area contributed by atoms with Crippen molar-refractivity contribution >= 4 is 33.8 Å². The number of carbonyl (C=O) groups is 1. The standard InChI is InChI=1S/C24BF20.C19H16NO/c26-5-1(6(27)14(35)21(42)13(5)34)25(2-7(28)15(36)22(43)16(37)8(2)29,3-9(30)17(38)23(44)18(39)10(3)31)4-11(32)19(40)24(45)20(41)12(4)33;21-19(17-11-5-2-6-12-17)15-20-14-8-7-13-18(20)16-9-3-1-4-10-16/h;1-14H,15H2/q-1;+1. The molecule has 0 atom stereocenters. The fourth-order valence-corrected chi connectivity index (χ4v) is 7.23. The van der Waals surface area contributed by atoms with Gasteiger partial charge in [0.2, 0.25) is 18.0 Å². The van der Waals surface area contributed by atoms with Crippen LogP contribution in [0.3, 0.4) is 0 Å². The van der Waals surface area contributed by atoms with Gasteiger partial charge in [-0.15, -0.1) is 21.9 Å². The molecule has 0 amide bonds. The smallest absolute Gasteiger partial charge is 0.227 e. The second-order valence-corrected chi connectivity index (χ2v) is 13.7. The highest BCUT2D eigenvalue weighted by Crippen LogP contribution is 2.31. The van der Waals surface area contributed by atoms with Gasteiger partial charge in [-0.25, -0.2) is 87.8 Å². The largest absolute Gasteiger partial charge is 0.287 e. The highest BCUT2D eigenvalue weighted by molar-refractivity contribution is 7.20. The number of halogens is 20. The monoisotopic (exact) mass is 953 g/mol. The maximum Gasteiger partial charge on any atom is 0.227 e. The molecule has 0 saturated heterocycles. The predicted octanol–water partition coefficient (Wildman–Crippen LogP) is 9.37. The molecular formula is C43H16BF20NO. The summed E-state index contributed by atoms with van der Waals surface area (Å²) in [5.41, 5.74) is -11.4. The first-order chi connectivity index (χ1) is 31.0. The van der Waals surface area contributed by atoms with E-state index in [2.05, 4.69) is 12.1 Å². The number of hydrogen-bond donors (Lipinski definition) is 0. The molecule has 0 saturated carbocycles. The molecule has 1 heterocycles. The number of benzene rings is 6. The second-order valence-electron chi connectivity index (χ2n) is 13.7. The van der Waals surface area contributed by atoms with Gasteiger partial charge in [0.15, 0.2) is 76.0 Å². The van der Waals surface area contributed by atoms with Crippen molar-refractivity contribution in [1.29, 1.82) is 0 Å². The molecule has 0 spiro atoms. The third-order valence-corrected chi connectivity index (χ3v) is 10.1. The second kappa shape index (κ2) is 18.4. The lowest BCUT2D eigenvalue weighted by Crippen LogP contribution is -2.81. The van der Waals surface area contributed by atoms with E-state index in [0.717, 1.165) is 16.8 Å². The van der Waals surface area contributed by atoms with E-state index in [4.69, 9.17) is 0 Å². The fourth-order valence-electron chi connectivity index (χ4n) is 7.23. The van der Waals surface area contributed by atoms with Crippen molar-refractivity contribution < 1.29 is 97.2 Å². The van der Waals surface area contributed by atoms with Crippen molar-refractivity contribution in [2.45, 2.75) is 6.54 Å². The van der Waals surface area contributed by atoms with Crippen LogP contribution in [0.5, 0.6) is 0 Å². The molecule has 7 rings (SSSR count). The van der Waals surface area contributed by atoms with Gasteiger partial charge in [0.05, 0.1) is 0 Å². The lowest BCUT2D eigenvalue weighted by molar-refractivity contribution is -0.672. The maximum absolute atomic E-state index is 15.4. The Morgan fingerprint density at radius 3 is 0.894 bits per heavy atom. The summed E-state index contributed by atoms with van der Waals surface area (Å²) < 4.78 is 296. The van der Waals surface area contributed by atoms with Crippen LogP contribution in [-0.2, 0) is 6.54 Å². The third kappa shape index (κ3) is 7.68. The van der Waals surface area contributed by atoms with Gasteiger partial charge in [0.25, 0.3) is 0 Å². The van der Waals surface area contributed by atoms with Gasteiger partial charge in [-0.2, -0.15) is 4.57 Å². The highest BCUT2D eigenvalue weighted by Gasteiger charge is 2.52. The SMILES string of the molecule is Fc1c(F)c(F)c([B-](c2c(F)c(F)c(F)c(F)c2F)(c2c(F)c(F)c(F)c(F)c2F)c2c(F)c(F)c(F)c(F)c2F)c(F)c1F.O=C(C[n+]1ccccc1-c1ccccc1)c1ccccc1. The van der Waals surface area contributed by atoms with Crippen LogP contribution < -0.4 is 26.4 Å². The summed E-state index contributed by atoms with van der Waals surface area (Å²) in [4.78, 5) is 12.4. The number of aromatic nitrogens is 1. The van der Waals surface area contributed by atoms with Gasteiger partial charge in [-0.1, -0.05) is 48.5 Å². The summed E-state index contributed by atoms with van der Waals surface area (Å²) in [6.07, 6.45) is -5.27. The summed E-state index contributed by atoms with van der Waals surface area (Å²) in [7, 11) is 0. The first kappa shape index (κ1) is 48.3. The first-order valence-electron chi connectivity index (χ1n) is 17.9. The molecular weight excluding hydrogens is 937 g/mol. The fraction of sp³-hybridized carbons (Fsp3) is 0.0233. The van der Waals surface area contributed by atoms with Crippen LogP contribution in [0.1, 0.15) is 10.4 Å². The number of nitrogens with zero attached hydrogens (tertiary/aromatic N) is 1. The predicted molar refractivity (Wildman–Crippen MR) is 192 cm³/mol. The van der Waals surface area contributed by atoms with E-state index in [1.807, 2.05) is 77.5 Å². The van der Waals surface area contributed by atoms with Crippen LogP contribution in [0.15, 0.2) is 85.1 Å². The van der Waals surface area contributed by atoms with Gasteiger partial charge in [0, 0.05) is 23.3 Å². The Bertz CT molecular complexity index is 2700. The third-order valence-electron chi connectivity index (χ3n) is 10.1. The van der Waals surface area contributed by atoms with Crippen molar-refractivity contribution in [2.75, 3.05) is 0 Å². The van der Waals surface area contributed by atoms with Crippen LogP contribution in [0.25, 0.3) is 11.3 Å². The molecule has 0 aliphatic carbocycles. The Morgan fingerprint density at radius 2 is 0.591 bits per heavy atom. The molecule has 0 unspecified atom stereocenters. The maximum atomic E-state index is 15.4. The molecule has 6 aromatic carbocycles. The number of rotatable bonds is 8. The highest BCUT2D eigenvalue weighted by atomic mass is 19.2. The Morgan fingerprint density at radius 1 is 0.333 bits per heavy atom. The lowest BCUT2D eigenvalue weighted by Gasteiger charge is -2.44. The Hall–Kier alpha value is -7.20. The summed E-state index contributed by atoms with van der Waals surface area (Å²) >= 11 is 0. The molecule has 0 bridgehead atoms. The number of pyridine rings is 1. The molecule has 66 heavy (non-hydrogen) atoms. The minimum Gasteiger partial charge on any atom is -0.287 e. The minimum atomic E-state index is -7.22. The summed E-state index contributed by atoms with van der Waals surface area (Å²) in [5.74, 6) is -71.3. The van der Waals surface area contributed by atoms with Gasteiger partial charge in [-0.3, -0.25) is 4.79 Å². The van der Waals surface area contributed by atoms with Crippen molar-refractivity contribution in [3.8, 4) is 11.3 Å². The molecule has 23 heteroatoms. The molecule has 1 aromatic heterocycles. The van der Waals surface area contributed by atoms with Crippen LogP contribution in [0.4, 0.5) is 87.8 Å². The number of Topliss-reactive ketones (excluding diaryl/α,β-unsaturated/α-hetero) is 1. The van der Waals surface area contributed by atoms with Crippen molar-refractivity contribution in [1.82, 2.24) is 0 Å². The van der Waals surface area contributed by atoms with Crippen LogP contribution in [0, 0.1) is 116 Å². The van der Waals surface area contributed by atoms with Crippen molar-refractivity contribution in [2.24, 2.45) is 0 Å². The topological polar surface area (TPSA) is 20.9 Å². The van der Waals surface area contributed by atoms with Crippen molar-refractivity contribution in [3.63, 3.8) is 0 Å². The summed E-state index contributed by atoms with van der Waals surface area (Å²) in [5, 5.41) is 0. The average molecular weight is 953 g/mol. The van der Waals surface area contributed by atoms with E-state index in [1.54, 1.807) is 0 Å². The zero-order valence-corrected chi connectivity index (χ0v) is 31.8. The normalized spacial score (nSPS) is 11.5. The van der Waals surface area contributed by atoms with E-state index in [1.165, 1.54) is 0 Å². The molecule has 0 radical (unpaired) electrons. The van der Waals surface area contributed by atoms with Gasteiger partial charge < -0.3 is 0 Å². The molecule has 0 fully saturated rings. The Kier molecular flexibility index (Phi) is 13.4. The molecule has 2 nitrogen and oxygen atoms in total. The number of ketones is 1. The van der Waals surface area contributed by atoms with E-state index < -0.39 is 144 Å². The molecule has 342 valence electrons. The van der Waals surface area contributed by atoms with E-state index >= 15 is 35.1 Å². The lowest BCUT2D eigenvalue weighted by atomic mass is 9.12. The zero-order valence-electron chi connectivity index (χ0n) is 31.8. The summed E-state index contributed by atoms with van der Waals surface area (Å²) in [6, 6.07) is 25.5. The minimum absolute atomic E-state index is 0.115. The Labute approximate surface area is 355 Å². The number of hydrogen-bond acceptors (Lipinski definition) is 1. The number of carbonyl (C=O) groups excluding carboxylic acids is 1. The Balaban J connectivity index is 0.000000284. The van der Waals surface area contributed by atoms with Crippen LogP contribution in [-0.4, -0.2) is 11.9 Å². The van der Waals surface area contributed by atoms with Crippen molar-refractivity contribution in [3.05, 3.63) is 207 Å². The van der Waals surface area contributed by atoms with Crippen LogP contribution in [0.2, 0.25) is 0 Å². The zero-order chi connectivity index (χ0) is 48.8. The van der Waals surface area contributed by atoms with E-state index in [9.17, 15) is 57.5 Å². The van der Waals surface area contributed by atoms with Gasteiger partial charge in [0.1, 0.15) is 52.7 Å². The molecule has 0 aliphatic rings. The first-order valence-corrected chi connectivity index (χ1v) is 17.9. The van der Waals surface area contributed by atoms with Crippen LogP contribution >= 0.6 is 0 Å². The quantitative estimate of drug-likeness (QED) is 0.0372. The van der Waals surface area contributed by atoms with E-state index in [-0.39, 0.29) is 5.78 Å². The van der Waals surface area contributed by atoms with Gasteiger partial charge >= 0.3 is 0 Å².